The van der Waals surface area contributed by atoms with E-state index in [1.54, 1.807) is 31.4 Å². The highest BCUT2D eigenvalue weighted by Crippen LogP contribution is 2.18. The molecule has 0 saturated heterocycles. The minimum atomic E-state index is -0.173. The van der Waals surface area contributed by atoms with Crippen LogP contribution in [0.2, 0.25) is 0 Å². The van der Waals surface area contributed by atoms with Crippen LogP contribution in [0.25, 0.3) is 0 Å². The van der Waals surface area contributed by atoms with Crippen molar-refractivity contribution in [2.45, 2.75) is 38.1 Å². The van der Waals surface area contributed by atoms with Crippen LogP contribution in [0.5, 0.6) is 5.75 Å². The van der Waals surface area contributed by atoms with Crippen molar-refractivity contribution < 1.29 is 14.3 Å². The molecule has 102 valence electrons. The molecule has 1 aromatic rings. The van der Waals surface area contributed by atoms with Gasteiger partial charge in [-0.25, -0.2) is 0 Å². The molecule has 0 aromatic heterocycles. The molecule has 4 heteroatoms. The molecule has 1 aliphatic rings. The number of benzene rings is 1. The fraction of sp³-hybridized carbons (Fsp3) is 0.467. The van der Waals surface area contributed by atoms with Gasteiger partial charge in [0.15, 0.2) is 5.78 Å². The molecule has 1 aromatic carbocycles. The maximum Gasteiger partial charge on any atom is 0.228 e. The Labute approximate surface area is 113 Å². The molecule has 1 fully saturated rings. The molecule has 0 heterocycles. The van der Waals surface area contributed by atoms with Gasteiger partial charge >= 0.3 is 0 Å². The van der Waals surface area contributed by atoms with Gasteiger partial charge in [-0.1, -0.05) is 12.8 Å². The van der Waals surface area contributed by atoms with Crippen LogP contribution >= 0.6 is 0 Å². The van der Waals surface area contributed by atoms with Gasteiger partial charge in [0.1, 0.15) is 5.75 Å². The van der Waals surface area contributed by atoms with Crippen LogP contribution in [-0.4, -0.2) is 24.8 Å². The van der Waals surface area contributed by atoms with E-state index in [4.69, 9.17) is 4.74 Å². The smallest absolute Gasteiger partial charge is 0.228 e. The van der Waals surface area contributed by atoms with Crippen molar-refractivity contribution in [1.82, 2.24) is 5.32 Å². The summed E-state index contributed by atoms with van der Waals surface area (Å²) in [5.74, 6) is 0.373. The maximum absolute atomic E-state index is 11.9. The Morgan fingerprint density at radius 3 is 2.42 bits per heavy atom. The zero-order chi connectivity index (χ0) is 13.7. The van der Waals surface area contributed by atoms with Crippen molar-refractivity contribution in [3.8, 4) is 5.75 Å². The fourth-order valence-electron chi connectivity index (χ4n) is 2.37. The van der Waals surface area contributed by atoms with E-state index in [2.05, 4.69) is 5.32 Å². The lowest BCUT2D eigenvalue weighted by molar-refractivity contribution is -0.120. The van der Waals surface area contributed by atoms with Gasteiger partial charge in [-0.2, -0.15) is 0 Å². The van der Waals surface area contributed by atoms with Crippen LogP contribution < -0.4 is 10.1 Å². The third kappa shape index (κ3) is 3.81. The average molecular weight is 261 g/mol. The van der Waals surface area contributed by atoms with Gasteiger partial charge in [0.2, 0.25) is 5.91 Å². The topological polar surface area (TPSA) is 55.4 Å². The van der Waals surface area contributed by atoms with Crippen molar-refractivity contribution in [3.63, 3.8) is 0 Å². The summed E-state index contributed by atoms with van der Waals surface area (Å²) in [5, 5.41) is 2.92. The third-order valence-corrected chi connectivity index (χ3v) is 3.45. The monoisotopic (exact) mass is 261 g/mol. The lowest BCUT2D eigenvalue weighted by atomic mass is 10.1. The second-order valence-electron chi connectivity index (χ2n) is 4.88. The Hall–Kier alpha value is -1.84. The molecule has 1 N–H and O–H groups in total. The van der Waals surface area contributed by atoms with Crippen molar-refractivity contribution >= 4 is 11.7 Å². The summed E-state index contributed by atoms with van der Waals surface area (Å²) in [6.07, 6.45) is 4.31. The first-order valence-corrected chi connectivity index (χ1v) is 6.65. The summed E-state index contributed by atoms with van der Waals surface area (Å²) >= 11 is 0. The largest absolute Gasteiger partial charge is 0.497 e. The molecule has 2 rings (SSSR count). The summed E-state index contributed by atoms with van der Waals surface area (Å²) in [6.45, 7) is 0. The van der Waals surface area contributed by atoms with E-state index in [9.17, 15) is 9.59 Å². The number of carbonyl (C=O) groups excluding carboxylic acids is 2. The molecule has 1 amide bonds. The van der Waals surface area contributed by atoms with Crippen molar-refractivity contribution in [3.05, 3.63) is 29.8 Å². The van der Waals surface area contributed by atoms with Crippen LogP contribution in [0.15, 0.2) is 24.3 Å². The Bertz CT molecular complexity index is 447. The normalized spacial score (nSPS) is 15.2. The number of ketones is 1. The maximum atomic E-state index is 11.9. The Kier molecular flexibility index (Phi) is 4.55. The summed E-state index contributed by atoms with van der Waals surface area (Å²) in [6, 6.07) is 7.08. The van der Waals surface area contributed by atoms with Crippen LogP contribution in [0.1, 0.15) is 42.5 Å². The Morgan fingerprint density at radius 2 is 1.84 bits per heavy atom. The highest BCUT2D eigenvalue weighted by molar-refractivity contribution is 6.07. The molecule has 0 atom stereocenters. The first-order valence-electron chi connectivity index (χ1n) is 6.65. The molecule has 0 unspecified atom stereocenters. The third-order valence-electron chi connectivity index (χ3n) is 3.45. The number of ether oxygens (including phenoxy) is 1. The van der Waals surface area contributed by atoms with E-state index in [1.807, 2.05) is 0 Å². The predicted octanol–water partition coefficient (Wildman–Crippen LogP) is 2.33. The van der Waals surface area contributed by atoms with Crippen LogP contribution in [-0.2, 0) is 4.79 Å². The van der Waals surface area contributed by atoms with E-state index in [-0.39, 0.29) is 24.2 Å². The van der Waals surface area contributed by atoms with Gasteiger partial charge in [-0.05, 0) is 37.1 Å². The van der Waals surface area contributed by atoms with E-state index in [1.165, 1.54) is 0 Å². The highest BCUT2D eigenvalue weighted by Gasteiger charge is 2.19. The SMILES string of the molecule is COc1ccc(C(=O)CC(=O)NC2CCCC2)cc1. The van der Waals surface area contributed by atoms with E-state index in [0.29, 0.717) is 11.3 Å². The number of hydrogen-bond acceptors (Lipinski definition) is 3. The van der Waals surface area contributed by atoms with Gasteiger partial charge in [0.25, 0.3) is 0 Å². The minimum absolute atomic E-state index is 0.0805. The number of amides is 1. The molecule has 0 spiro atoms. The predicted molar refractivity (Wildman–Crippen MR) is 72.3 cm³/mol. The lowest BCUT2D eigenvalue weighted by Gasteiger charge is -2.11. The summed E-state index contributed by atoms with van der Waals surface area (Å²) in [4.78, 5) is 23.7. The summed E-state index contributed by atoms with van der Waals surface area (Å²) in [5.41, 5.74) is 0.544. The Balaban J connectivity index is 1.86. The quantitative estimate of drug-likeness (QED) is 0.653. The number of rotatable bonds is 5. The van der Waals surface area contributed by atoms with Gasteiger partial charge < -0.3 is 10.1 Å². The van der Waals surface area contributed by atoms with E-state index in [0.717, 1.165) is 25.7 Å². The number of nitrogens with one attached hydrogen (secondary N) is 1. The first-order chi connectivity index (χ1) is 9.19. The number of hydrogen-bond donors (Lipinski definition) is 1. The fourth-order valence-corrected chi connectivity index (χ4v) is 2.37. The molecule has 0 radical (unpaired) electrons. The number of methoxy groups -OCH3 is 1. The van der Waals surface area contributed by atoms with Gasteiger partial charge in [-0.3, -0.25) is 9.59 Å². The molecule has 0 aliphatic heterocycles. The lowest BCUT2D eigenvalue weighted by Crippen LogP contribution is -2.33. The van der Waals surface area contributed by atoms with Crippen LogP contribution in [0.4, 0.5) is 0 Å². The first kappa shape index (κ1) is 13.6. The minimum Gasteiger partial charge on any atom is -0.497 e. The van der Waals surface area contributed by atoms with Crippen LogP contribution in [0, 0.1) is 0 Å². The second kappa shape index (κ2) is 6.36. The van der Waals surface area contributed by atoms with E-state index < -0.39 is 0 Å². The molecule has 1 aliphatic carbocycles. The molecular formula is C15H19NO3. The molecule has 4 nitrogen and oxygen atoms in total. The van der Waals surface area contributed by atoms with Crippen LogP contribution in [0.3, 0.4) is 0 Å². The molecule has 0 bridgehead atoms. The second-order valence-corrected chi connectivity index (χ2v) is 4.88. The Morgan fingerprint density at radius 1 is 1.21 bits per heavy atom. The van der Waals surface area contributed by atoms with Gasteiger partial charge in [0, 0.05) is 11.6 Å². The van der Waals surface area contributed by atoms with Crippen molar-refractivity contribution in [2.24, 2.45) is 0 Å². The molecule has 19 heavy (non-hydrogen) atoms. The van der Waals surface area contributed by atoms with Gasteiger partial charge in [0.05, 0.1) is 13.5 Å². The summed E-state index contributed by atoms with van der Waals surface area (Å²) < 4.78 is 5.03. The molecule has 1 saturated carbocycles. The highest BCUT2D eigenvalue weighted by atomic mass is 16.5. The zero-order valence-electron chi connectivity index (χ0n) is 11.1. The number of carbonyl (C=O) groups is 2. The van der Waals surface area contributed by atoms with Crippen molar-refractivity contribution in [2.75, 3.05) is 7.11 Å². The van der Waals surface area contributed by atoms with E-state index >= 15 is 0 Å². The molecular weight excluding hydrogens is 242 g/mol. The van der Waals surface area contributed by atoms with Gasteiger partial charge in [-0.15, -0.1) is 0 Å². The number of Topliss-reactive ketones (excluding diaryl/α,β-unsaturated/α-hetero) is 1. The average Bonchev–Trinajstić information content (AvgIpc) is 2.91. The standard InChI is InChI=1S/C15H19NO3/c1-19-13-8-6-11(7-9-13)14(17)10-15(18)16-12-4-2-3-5-12/h6-9,12H,2-5,10H2,1H3,(H,16,18). The zero-order valence-corrected chi connectivity index (χ0v) is 11.1. The summed E-state index contributed by atoms with van der Waals surface area (Å²) in [7, 11) is 1.58. The van der Waals surface area contributed by atoms with Crippen molar-refractivity contribution in [1.29, 1.82) is 0 Å².